The van der Waals surface area contributed by atoms with Gasteiger partial charge in [-0.3, -0.25) is 4.79 Å². The van der Waals surface area contributed by atoms with Crippen LogP contribution in [0.25, 0.3) is 0 Å². The number of carbonyl (C=O) groups excluding carboxylic acids is 1. The predicted molar refractivity (Wildman–Crippen MR) is 92.2 cm³/mol. The number of aliphatic hydroxyl groups is 1. The molecule has 0 spiro atoms. The molecule has 0 unspecified atom stereocenters. The Morgan fingerprint density at radius 2 is 1.96 bits per heavy atom. The van der Waals surface area contributed by atoms with Crippen LogP contribution in [0, 0.1) is 19.8 Å². The zero-order valence-corrected chi connectivity index (χ0v) is 14.6. The summed E-state index contributed by atoms with van der Waals surface area (Å²) >= 11 is 0. The highest BCUT2D eigenvalue weighted by Gasteiger charge is 2.39. The molecule has 2 N–H and O–H groups in total. The molecule has 1 aromatic carbocycles. The second-order valence-corrected chi connectivity index (χ2v) is 6.56. The number of rotatable bonds is 5. The number of benzene rings is 1. The standard InChI is InChI=1S/C19H24N2O4/c1-13-17(14(2)25-21-13)18(22)20-12-19(23,15-6-4-3-5-7-15)16-8-10-24-11-9-16/h3-7,16,23H,8-12H2,1-2H3,(H,20,22)/t19-/m0/s1. The number of carbonyl (C=O) groups is 1. The van der Waals surface area contributed by atoms with Crippen molar-refractivity contribution in [3.63, 3.8) is 0 Å². The molecule has 134 valence electrons. The van der Waals surface area contributed by atoms with Crippen LogP contribution in [0.5, 0.6) is 0 Å². The number of nitrogens with one attached hydrogen (secondary N) is 1. The van der Waals surface area contributed by atoms with E-state index in [1.807, 2.05) is 30.3 Å². The lowest BCUT2D eigenvalue weighted by Gasteiger charge is -2.39. The first-order chi connectivity index (χ1) is 12.0. The predicted octanol–water partition coefficient (Wildman–Crippen LogP) is 2.34. The van der Waals surface area contributed by atoms with E-state index in [1.165, 1.54) is 0 Å². The summed E-state index contributed by atoms with van der Waals surface area (Å²) in [6.45, 7) is 4.81. The lowest BCUT2D eigenvalue weighted by atomic mass is 9.77. The van der Waals surface area contributed by atoms with Crippen LogP contribution < -0.4 is 5.32 Å². The molecule has 2 heterocycles. The van der Waals surface area contributed by atoms with Gasteiger partial charge in [-0.1, -0.05) is 35.5 Å². The number of ether oxygens (including phenoxy) is 1. The fourth-order valence-corrected chi connectivity index (χ4v) is 3.49. The summed E-state index contributed by atoms with van der Waals surface area (Å²) in [6.07, 6.45) is 1.51. The van der Waals surface area contributed by atoms with Gasteiger partial charge in [-0.25, -0.2) is 0 Å². The Balaban J connectivity index is 1.82. The van der Waals surface area contributed by atoms with Gasteiger partial charge in [0.1, 0.15) is 16.9 Å². The maximum absolute atomic E-state index is 12.6. The minimum atomic E-state index is -1.14. The molecule has 1 amide bonds. The zero-order valence-electron chi connectivity index (χ0n) is 14.6. The minimum absolute atomic E-state index is 0.0219. The van der Waals surface area contributed by atoms with Crippen LogP contribution in [0.2, 0.25) is 0 Å². The van der Waals surface area contributed by atoms with Crippen molar-refractivity contribution >= 4 is 5.91 Å². The second kappa shape index (κ2) is 7.37. The summed E-state index contributed by atoms with van der Waals surface area (Å²) in [7, 11) is 0. The van der Waals surface area contributed by atoms with Crippen molar-refractivity contribution in [3.05, 3.63) is 52.9 Å². The lowest BCUT2D eigenvalue weighted by molar-refractivity contribution is -0.0680. The molecule has 0 radical (unpaired) electrons. The summed E-state index contributed by atoms with van der Waals surface area (Å²) in [5.74, 6) is 0.218. The van der Waals surface area contributed by atoms with E-state index in [4.69, 9.17) is 9.26 Å². The second-order valence-electron chi connectivity index (χ2n) is 6.56. The smallest absolute Gasteiger partial charge is 0.256 e. The molecule has 1 aliphatic heterocycles. The molecule has 6 heteroatoms. The normalized spacial score (nSPS) is 17.9. The van der Waals surface area contributed by atoms with Gasteiger partial charge in [0.25, 0.3) is 5.91 Å². The number of aromatic nitrogens is 1. The molecular formula is C19H24N2O4. The summed E-state index contributed by atoms with van der Waals surface area (Å²) in [5, 5.41) is 18.2. The van der Waals surface area contributed by atoms with Gasteiger partial charge in [0, 0.05) is 13.2 Å². The molecule has 1 aliphatic rings. The van der Waals surface area contributed by atoms with E-state index in [0.717, 1.165) is 18.4 Å². The fraction of sp³-hybridized carbons (Fsp3) is 0.474. The first kappa shape index (κ1) is 17.6. The molecular weight excluding hydrogens is 320 g/mol. The Kier molecular flexibility index (Phi) is 5.20. The number of nitrogens with zero attached hydrogens (tertiary/aromatic N) is 1. The highest BCUT2D eigenvalue weighted by atomic mass is 16.5. The van der Waals surface area contributed by atoms with Crippen LogP contribution in [-0.2, 0) is 10.3 Å². The average molecular weight is 344 g/mol. The molecule has 0 saturated carbocycles. The van der Waals surface area contributed by atoms with Gasteiger partial charge in [0.15, 0.2) is 0 Å². The van der Waals surface area contributed by atoms with Crippen LogP contribution in [0.15, 0.2) is 34.9 Å². The monoisotopic (exact) mass is 344 g/mol. The highest BCUT2D eigenvalue weighted by molar-refractivity contribution is 5.96. The number of amides is 1. The van der Waals surface area contributed by atoms with Crippen LogP contribution in [0.3, 0.4) is 0 Å². The Morgan fingerprint density at radius 1 is 1.28 bits per heavy atom. The summed E-state index contributed by atoms with van der Waals surface area (Å²) in [4.78, 5) is 12.6. The molecule has 1 fully saturated rings. The molecule has 1 atom stereocenters. The van der Waals surface area contributed by atoms with Crippen molar-refractivity contribution in [1.82, 2.24) is 10.5 Å². The van der Waals surface area contributed by atoms with Crippen molar-refractivity contribution in [3.8, 4) is 0 Å². The maximum atomic E-state index is 12.6. The Hall–Kier alpha value is -2.18. The van der Waals surface area contributed by atoms with Gasteiger partial charge < -0.3 is 19.7 Å². The molecule has 2 aromatic rings. The lowest BCUT2D eigenvalue weighted by Crippen LogP contribution is -2.47. The SMILES string of the molecule is Cc1noc(C)c1C(=O)NC[C@](O)(c1ccccc1)C1CCOCC1. The van der Waals surface area contributed by atoms with Gasteiger partial charge >= 0.3 is 0 Å². The Labute approximate surface area is 147 Å². The van der Waals surface area contributed by atoms with Gasteiger partial charge in [-0.05, 0) is 38.2 Å². The van der Waals surface area contributed by atoms with E-state index in [1.54, 1.807) is 13.8 Å². The molecule has 1 aromatic heterocycles. The quantitative estimate of drug-likeness (QED) is 0.870. The van der Waals surface area contributed by atoms with E-state index < -0.39 is 5.60 Å². The third kappa shape index (κ3) is 3.60. The Morgan fingerprint density at radius 3 is 2.56 bits per heavy atom. The number of aryl methyl sites for hydroxylation is 2. The summed E-state index contributed by atoms with van der Waals surface area (Å²) in [6, 6.07) is 9.51. The van der Waals surface area contributed by atoms with Crippen molar-refractivity contribution < 1.29 is 19.2 Å². The largest absolute Gasteiger partial charge is 0.383 e. The van der Waals surface area contributed by atoms with Crippen LogP contribution in [0.1, 0.15) is 40.2 Å². The van der Waals surface area contributed by atoms with Gasteiger partial charge in [-0.15, -0.1) is 0 Å². The van der Waals surface area contributed by atoms with E-state index >= 15 is 0 Å². The van der Waals surface area contributed by atoms with E-state index in [-0.39, 0.29) is 18.4 Å². The highest BCUT2D eigenvalue weighted by Crippen LogP contribution is 2.35. The van der Waals surface area contributed by atoms with Crippen LogP contribution in [-0.4, -0.2) is 35.9 Å². The fourth-order valence-electron chi connectivity index (χ4n) is 3.49. The molecule has 6 nitrogen and oxygen atoms in total. The third-order valence-electron chi connectivity index (χ3n) is 4.95. The van der Waals surface area contributed by atoms with Gasteiger partial charge in [0.05, 0.1) is 12.2 Å². The van der Waals surface area contributed by atoms with Crippen LogP contribution >= 0.6 is 0 Å². The van der Waals surface area contributed by atoms with E-state index in [2.05, 4.69) is 10.5 Å². The Bertz CT molecular complexity index is 703. The van der Waals surface area contributed by atoms with E-state index in [9.17, 15) is 9.90 Å². The number of hydrogen-bond donors (Lipinski definition) is 2. The summed E-state index contributed by atoms with van der Waals surface area (Å²) < 4.78 is 10.5. The van der Waals surface area contributed by atoms with Crippen molar-refractivity contribution in [1.29, 1.82) is 0 Å². The van der Waals surface area contributed by atoms with Crippen LogP contribution in [0.4, 0.5) is 0 Å². The minimum Gasteiger partial charge on any atom is -0.383 e. The first-order valence-corrected chi connectivity index (χ1v) is 8.59. The van der Waals surface area contributed by atoms with E-state index in [0.29, 0.717) is 30.2 Å². The maximum Gasteiger partial charge on any atom is 0.256 e. The first-order valence-electron chi connectivity index (χ1n) is 8.59. The van der Waals surface area contributed by atoms with Gasteiger partial charge in [-0.2, -0.15) is 0 Å². The molecule has 25 heavy (non-hydrogen) atoms. The van der Waals surface area contributed by atoms with Gasteiger partial charge in [0.2, 0.25) is 0 Å². The molecule has 1 saturated heterocycles. The molecule has 0 aliphatic carbocycles. The summed E-state index contributed by atoms with van der Waals surface area (Å²) in [5.41, 5.74) is 0.646. The van der Waals surface area contributed by atoms with Crippen molar-refractivity contribution in [2.24, 2.45) is 5.92 Å². The molecule has 3 rings (SSSR count). The zero-order chi connectivity index (χ0) is 17.9. The third-order valence-corrected chi connectivity index (χ3v) is 4.95. The molecule has 0 bridgehead atoms. The topological polar surface area (TPSA) is 84.6 Å². The van der Waals surface area contributed by atoms with Crippen molar-refractivity contribution in [2.45, 2.75) is 32.3 Å². The number of hydrogen-bond acceptors (Lipinski definition) is 5. The average Bonchev–Trinajstić information content (AvgIpc) is 2.99. The van der Waals surface area contributed by atoms with Crippen molar-refractivity contribution in [2.75, 3.05) is 19.8 Å².